The van der Waals surface area contributed by atoms with Gasteiger partial charge in [0.2, 0.25) is 5.91 Å². The van der Waals surface area contributed by atoms with Crippen LogP contribution in [-0.4, -0.2) is 73.9 Å². The summed E-state index contributed by atoms with van der Waals surface area (Å²) in [4.78, 5) is 17.0. The van der Waals surface area contributed by atoms with Crippen LogP contribution in [0.1, 0.15) is 37.2 Å². The van der Waals surface area contributed by atoms with Crippen molar-refractivity contribution < 1.29 is 19.4 Å². The topological polar surface area (TPSA) is 62.2 Å². The number of methoxy groups -OCH3 is 1. The summed E-state index contributed by atoms with van der Waals surface area (Å²) < 4.78 is 11.3. The van der Waals surface area contributed by atoms with Gasteiger partial charge in [0.05, 0.1) is 26.9 Å². The molecule has 0 radical (unpaired) electrons. The lowest BCUT2D eigenvalue weighted by Gasteiger charge is -2.38. The van der Waals surface area contributed by atoms with Gasteiger partial charge >= 0.3 is 0 Å². The Morgan fingerprint density at radius 1 is 1.30 bits per heavy atom. The Morgan fingerprint density at radius 2 is 2.07 bits per heavy atom. The monoisotopic (exact) mass is 374 g/mol. The van der Waals surface area contributed by atoms with E-state index in [0.29, 0.717) is 19.7 Å². The second kappa shape index (κ2) is 7.68. The van der Waals surface area contributed by atoms with E-state index in [4.69, 9.17) is 9.47 Å². The molecule has 6 nitrogen and oxygen atoms in total. The Hall–Kier alpha value is -1.79. The second-order valence-corrected chi connectivity index (χ2v) is 8.23. The quantitative estimate of drug-likeness (QED) is 0.872. The van der Waals surface area contributed by atoms with E-state index < -0.39 is 0 Å². The molecule has 3 aliphatic heterocycles. The minimum absolute atomic E-state index is 0.0670. The fourth-order valence-electron chi connectivity index (χ4n) is 4.86. The van der Waals surface area contributed by atoms with Crippen molar-refractivity contribution in [2.75, 3.05) is 53.0 Å². The van der Waals surface area contributed by atoms with Crippen molar-refractivity contribution in [2.24, 2.45) is 5.41 Å². The minimum atomic E-state index is -0.333. The number of benzene rings is 1. The molecule has 3 aliphatic rings. The summed E-state index contributed by atoms with van der Waals surface area (Å²) >= 11 is 0. The molecule has 0 saturated carbocycles. The van der Waals surface area contributed by atoms with E-state index in [-0.39, 0.29) is 23.8 Å². The summed E-state index contributed by atoms with van der Waals surface area (Å²) in [5.74, 6) is 2.01. The molecule has 2 saturated heterocycles. The van der Waals surface area contributed by atoms with Gasteiger partial charge < -0.3 is 19.5 Å². The van der Waals surface area contributed by atoms with E-state index in [1.807, 2.05) is 23.1 Å². The molecule has 0 spiro atoms. The molecule has 1 amide bonds. The van der Waals surface area contributed by atoms with Gasteiger partial charge in [0.15, 0.2) is 0 Å². The number of likely N-dealkylation sites (tertiary alicyclic amines) is 2. The summed E-state index contributed by atoms with van der Waals surface area (Å²) in [6.07, 6.45) is 4.66. The number of aliphatic hydroxyl groups excluding tert-OH is 1. The molecule has 0 bridgehead atoms. The van der Waals surface area contributed by atoms with Gasteiger partial charge in [0.25, 0.3) is 0 Å². The van der Waals surface area contributed by atoms with Gasteiger partial charge in [0.1, 0.15) is 11.5 Å². The molecule has 4 rings (SSSR count). The molecule has 27 heavy (non-hydrogen) atoms. The highest BCUT2D eigenvalue weighted by Gasteiger charge is 2.51. The molecule has 1 aromatic carbocycles. The third-order valence-corrected chi connectivity index (χ3v) is 6.46. The average molecular weight is 374 g/mol. The standard InChI is InChI=1S/C21H30N2O4/c1-26-16-6-7-17-18-11-22(12-20(25)23-8-4-2-3-5-9-23)13-21(18,14-24)15-27-19(17)10-16/h6-7,10,18,24H,2-5,8-9,11-15H2,1H3/t18-,21-/m1/s1. The number of nitrogens with zero attached hydrogens (tertiary/aromatic N) is 2. The Bertz CT molecular complexity index is 687. The maximum Gasteiger partial charge on any atom is 0.236 e. The van der Waals surface area contributed by atoms with Crippen LogP contribution in [0.15, 0.2) is 18.2 Å². The van der Waals surface area contributed by atoms with Gasteiger partial charge in [-0.15, -0.1) is 0 Å². The van der Waals surface area contributed by atoms with Crippen LogP contribution in [-0.2, 0) is 4.79 Å². The van der Waals surface area contributed by atoms with Crippen molar-refractivity contribution in [3.8, 4) is 11.5 Å². The molecule has 0 aromatic heterocycles. The van der Waals surface area contributed by atoms with Crippen molar-refractivity contribution in [1.29, 1.82) is 0 Å². The first-order valence-electron chi connectivity index (χ1n) is 10.1. The van der Waals surface area contributed by atoms with Gasteiger partial charge in [-0.25, -0.2) is 0 Å². The van der Waals surface area contributed by atoms with Gasteiger partial charge in [-0.1, -0.05) is 18.9 Å². The Labute approximate surface area is 161 Å². The normalized spacial score (nSPS) is 28.1. The summed E-state index contributed by atoms with van der Waals surface area (Å²) in [6.45, 7) is 4.21. The predicted octanol–water partition coefficient (Wildman–Crippen LogP) is 1.87. The average Bonchev–Trinajstić information content (AvgIpc) is 2.86. The Kier molecular flexibility index (Phi) is 5.28. The Balaban J connectivity index is 1.49. The summed E-state index contributed by atoms with van der Waals surface area (Å²) in [5, 5.41) is 10.2. The molecule has 2 atom stereocenters. The molecular formula is C21H30N2O4. The number of fused-ring (bicyclic) bond motifs is 3. The lowest BCUT2D eigenvalue weighted by Crippen LogP contribution is -2.43. The van der Waals surface area contributed by atoms with Crippen LogP contribution >= 0.6 is 0 Å². The number of carbonyl (C=O) groups excluding carboxylic acids is 1. The highest BCUT2D eigenvalue weighted by atomic mass is 16.5. The molecule has 0 unspecified atom stereocenters. The summed E-state index contributed by atoms with van der Waals surface area (Å²) in [6, 6.07) is 5.91. The molecule has 6 heteroatoms. The number of ether oxygens (including phenoxy) is 2. The van der Waals surface area contributed by atoms with E-state index in [9.17, 15) is 9.90 Å². The van der Waals surface area contributed by atoms with E-state index in [0.717, 1.165) is 49.5 Å². The van der Waals surface area contributed by atoms with Crippen molar-refractivity contribution in [3.63, 3.8) is 0 Å². The number of hydrogen-bond donors (Lipinski definition) is 1. The highest BCUT2D eigenvalue weighted by molar-refractivity contribution is 5.78. The second-order valence-electron chi connectivity index (χ2n) is 8.23. The van der Waals surface area contributed by atoms with E-state index >= 15 is 0 Å². The van der Waals surface area contributed by atoms with E-state index in [1.165, 1.54) is 12.8 Å². The third kappa shape index (κ3) is 3.52. The van der Waals surface area contributed by atoms with E-state index in [2.05, 4.69) is 4.90 Å². The van der Waals surface area contributed by atoms with Crippen molar-refractivity contribution in [2.45, 2.75) is 31.6 Å². The Morgan fingerprint density at radius 3 is 2.78 bits per heavy atom. The number of hydrogen-bond acceptors (Lipinski definition) is 5. The van der Waals surface area contributed by atoms with Crippen LogP contribution in [0.25, 0.3) is 0 Å². The van der Waals surface area contributed by atoms with Crippen LogP contribution in [0.4, 0.5) is 0 Å². The molecular weight excluding hydrogens is 344 g/mol. The minimum Gasteiger partial charge on any atom is -0.497 e. The van der Waals surface area contributed by atoms with Crippen LogP contribution in [0.3, 0.4) is 0 Å². The SMILES string of the molecule is COc1ccc2c(c1)OC[C@]1(CO)CN(CC(=O)N3CCCCCC3)C[C@H]21. The summed E-state index contributed by atoms with van der Waals surface area (Å²) in [7, 11) is 1.65. The van der Waals surface area contributed by atoms with Crippen LogP contribution in [0.2, 0.25) is 0 Å². The zero-order valence-electron chi connectivity index (χ0n) is 16.2. The lowest BCUT2D eigenvalue weighted by molar-refractivity contribution is -0.132. The maximum atomic E-state index is 12.8. The van der Waals surface area contributed by atoms with E-state index in [1.54, 1.807) is 7.11 Å². The maximum absolute atomic E-state index is 12.8. The predicted molar refractivity (Wildman–Crippen MR) is 102 cm³/mol. The van der Waals surface area contributed by atoms with Crippen molar-refractivity contribution in [3.05, 3.63) is 23.8 Å². The number of aliphatic hydroxyl groups is 1. The number of rotatable bonds is 4. The largest absolute Gasteiger partial charge is 0.497 e. The zero-order chi connectivity index (χ0) is 18.9. The van der Waals surface area contributed by atoms with Crippen LogP contribution < -0.4 is 9.47 Å². The first kappa shape index (κ1) is 18.6. The van der Waals surface area contributed by atoms with Gasteiger partial charge in [-0.3, -0.25) is 9.69 Å². The van der Waals surface area contributed by atoms with Gasteiger partial charge in [-0.05, 0) is 24.5 Å². The zero-order valence-corrected chi connectivity index (χ0v) is 16.2. The van der Waals surface area contributed by atoms with Crippen LogP contribution in [0.5, 0.6) is 11.5 Å². The first-order valence-corrected chi connectivity index (χ1v) is 10.1. The van der Waals surface area contributed by atoms with Crippen molar-refractivity contribution in [1.82, 2.24) is 9.80 Å². The van der Waals surface area contributed by atoms with Gasteiger partial charge in [-0.2, -0.15) is 0 Å². The van der Waals surface area contributed by atoms with Crippen LogP contribution in [0, 0.1) is 5.41 Å². The molecule has 148 valence electrons. The number of amides is 1. The molecule has 2 fully saturated rings. The highest BCUT2D eigenvalue weighted by Crippen LogP contribution is 2.50. The molecule has 0 aliphatic carbocycles. The third-order valence-electron chi connectivity index (χ3n) is 6.46. The lowest BCUT2D eigenvalue weighted by atomic mass is 9.74. The van der Waals surface area contributed by atoms with Gasteiger partial charge in [0, 0.05) is 43.6 Å². The summed E-state index contributed by atoms with van der Waals surface area (Å²) in [5.41, 5.74) is 0.779. The molecule has 3 heterocycles. The fraction of sp³-hybridized carbons (Fsp3) is 0.667. The smallest absolute Gasteiger partial charge is 0.236 e. The van der Waals surface area contributed by atoms with Crippen molar-refractivity contribution >= 4 is 5.91 Å². The molecule has 1 aromatic rings. The number of carbonyl (C=O) groups is 1. The fourth-order valence-corrected chi connectivity index (χ4v) is 4.86. The first-order chi connectivity index (χ1) is 13.1. The molecule has 1 N–H and O–H groups in total.